The first kappa shape index (κ1) is 20.2. The molecule has 0 unspecified atom stereocenters. The van der Waals surface area contributed by atoms with Crippen molar-refractivity contribution >= 4 is 55.7 Å². The predicted octanol–water partition coefficient (Wildman–Crippen LogP) is 4.94. The van der Waals surface area contributed by atoms with E-state index in [1.807, 2.05) is 24.3 Å². The SMILES string of the molecule is C[C@@H](COc1cccc2ncccc12)NS(=O)(=O)c1c(Cl)cc(Cl)cc1Cl. The summed E-state index contributed by atoms with van der Waals surface area (Å²) in [6, 6.07) is 11.3. The number of rotatable bonds is 6. The molecule has 1 N–H and O–H groups in total. The molecule has 1 heterocycles. The van der Waals surface area contributed by atoms with Gasteiger partial charge in [0, 0.05) is 16.6 Å². The van der Waals surface area contributed by atoms with Gasteiger partial charge in [-0.3, -0.25) is 4.98 Å². The van der Waals surface area contributed by atoms with Gasteiger partial charge < -0.3 is 4.74 Å². The van der Waals surface area contributed by atoms with Crippen molar-refractivity contribution in [1.82, 2.24) is 9.71 Å². The van der Waals surface area contributed by atoms with E-state index in [-0.39, 0.29) is 26.6 Å². The topological polar surface area (TPSA) is 68.3 Å². The largest absolute Gasteiger partial charge is 0.491 e. The van der Waals surface area contributed by atoms with Crippen molar-refractivity contribution < 1.29 is 13.2 Å². The highest BCUT2D eigenvalue weighted by atomic mass is 35.5. The van der Waals surface area contributed by atoms with E-state index in [1.54, 1.807) is 19.2 Å². The highest BCUT2D eigenvalue weighted by Crippen LogP contribution is 2.32. The van der Waals surface area contributed by atoms with Crippen molar-refractivity contribution in [1.29, 1.82) is 0 Å². The van der Waals surface area contributed by atoms with Crippen LogP contribution in [0, 0.1) is 0 Å². The smallest absolute Gasteiger partial charge is 0.243 e. The van der Waals surface area contributed by atoms with Crippen LogP contribution >= 0.6 is 34.8 Å². The lowest BCUT2D eigenvalue weighted by molar-refractivity contribution is 0.290. The number of nitrogens with zero attached hydrogens (tertiary/aromatic N) is 1. The lowest BCUT2D eigenvalue weighted by atomic mass is 10.2. The summed E-state index contributed by atoms with van der Waals surface area (Å²) in [4.78, 5) is 4.05. The second-order valence-corrected chi connectivity index (χ2v) is 8.76. The molecule has 27 heavy (non-hydrogen) atoms. The Hall–Kier alpha value is -1.57. The molecule has 0 radical (unpaired) electrons. The zero-order chi connectivity index (χ0) is 19.6. The number of ether oxygens (including phenoxy) is 1. The highest BCUT2D eigenvalue weighted by Gasteiger charge is 2.24. The van der Waals surface area contributed by atoms with Crippen LogP contribution in [-0.2, 0) is 10.0 Å². The minimum atomic E-state index is -3.95. The Bertz CT molecular complexity index is 1060. The Morgan fingerprint density at radius 3 is 2.52 bits per heavy atom. The quantitative estimate of drug-likeness (QED) is 0.583. The summed E-state index contributed by atoms with van der Waals surface area (Å²) in [5.74, 6) is 0.620. The summed E-state index contributed by atoms with van der Waals surface area (Å²) >= 11 is 17.9. The number of nitrogens with one attached hydrogen (secondary N) is 1. The fourth-order valence-electron chi connectivity index (χ4n) is 2.56. The molecule has 1 aromatic heterocycles. The van der Waals surface area contributed by atoms with Gasteiger partial charge in [-0.05, 0) is 43.3 Å². The second-order valence-electron chi connectivity index (χ2n) is 5.86. The third kappa shape index (κ3) is 4.65. The van der Waals surface area contributed by atoms with Crippen molar-refractivity contribution in [3.8, 4) is 5.75 Å². The van der Waals surface area contributed by atoms with E-state index in [1.165, 1.54) is 12.1 Å². The highest BCUT2D eigenvalue weighted by molar-refractivity contribution is 7.89. The maximum Gasteiger partial charge on any atom is 0.243 e. The van der Waals surface area contributed by atoms with Crippen molar-refractivity contribution in [2.45, 2.75) is 17.9 Å². The molecule has 0 aliphatic carbocycles. The molecule has 0 saturated heterocycles. The van der Waals surface area contributed by atoms with Gasteiger partial charge in [0.05, 0.1) is 21.6 Å². The van der Waals surface area contributed by atoms with Crippen LogP contribution in [0.2, 0.25) is 15.1 Å². The van der Waals surface area contributed by atoms with Crippen LogP contribution in [0.3, 0.4) is 0 Å². The minimum Gasteiger partial charge on any atom is -0.491 e. The first-order valence-electron chi connectivity index (χ1n) is 7.91. The molecule has 0 aliphatic rings. The van der Waals surface area contributed by atoms with Gasteiger partial charge in [0.2, 0.25) is 10.0 Å². The van der Waals surface area contributed by atoms with E-state index in [9.17, 15) is 8.42 Å². The first-order valence-corrected chi connectivity index (χ1v) is 10.5. The van der Waals surface area contributed by atoms with E-state index in [2.05, 4.69) is 9.71 Å². The van der Waals surface area contributed by atoms with Gasteiger partial charge in [-0.2, -0.15) is 0 Å². The van der Waals surface area contributed by atoms with Gasteiger partial charge >= 0.3 is 0 Å². The standard InChI is InChI=1S/C18H15Cl3N2O3S/c1-11(10-26-17-6-2-5-16-13(17)4-3-7-22-16)23-27(24,25)18-14(20)8-12(19)9-15(18)21/h2-9,11,23H,10H2,1H3/t11-/m0/s1. The van der Waals surface area contributed by atoms with Gasteiger partial charge in [0.25, 0.3) is 0 Å². The van der Waals surface area contributed by atoms with Gasteiger partial charge in [-0.25, -0.2) is 13.1 Å². The molecule has 0 amide bonds. The Morgan fingerprint density at radius 2 is 1.81 bits per heavy atom. The number of pyridine rings is 1. The van der Waals surface area contributed by atoms with Crippen LogP contribution in [0.25, 0.3) is 10.9 Å². The fraction of sp³-hybridized carbons (Fsp3) is 0.167. The number of hydrogen-bond acceptors (Lipinski definition) is 4. The Morgan fingerprint density at radius 1 is 1.11 bits per heavy atom. The van der Waals surface area contributed by atoms with Gasteiger partial charge in [-0.1, -0.05) is 40.9 Å². The first-order chi connectivity index (χ1) is 12.8. The molecular formula is C18H15Cl3N2O3S. The fourth-order valence-corrected chi connectivity index (χ4v) is 5.33. The molecule has 3 aromatic rings. The normalized spacial score (nSPS) is 12.9. The van der Waals surface area contributed by atoms with Gasteiger partial charge in [-0.15, -0.1) is 0 Å². The van der Waals surface area contributed by atoms with E-state index >= 15 is 0 Å². The van der Waals surface area contributed by atoms with E-state index in [0.717, 1.165) is 10.9 Å². The van der Waals surface area contributed by atoms with E-state index in [0.29, 0.717) is 5.75 Å². The van der Waals surface area contributed by atoms with Crippen LogP contribution in [-0.4, -0.2) is 26.1 Å². The number of sulfonamides is 1. The monoisotopic (exact) mass is 444 g/mol. The van der Waals surface area contributed by atoms with Crippen LogP contribution in [0.4, 0.5) is 0 Å². The van der Waals surface area contributed by atoms with Crippen LogP contribution in [0.1, 0.15) is 6.92 Å². The molecule has 0 saturated carbocycles. The third-order valence-corrected chi connectivity index (χ3v) is 6.41. The number of halogens is 3. The Kier molecular flexibility index (Phi) is 6.13. The summed E-state index contributed by atoms with van der Waals surface area (Å²) in [6.07, 6.45) is 1.70. The maximum absolute atomic E-state index is 12.6. The Balaban J connectivity index is 1.75. The molecule has 1 atom stereocenters. The number of benzene rings is 2. The maximum atomic E-state index is 12.6. The number of aromatic nitrogens is 1. The molecule has 0 aliphatic heterocycles. The third-order valence-electron chi connectivity index (χ3n) is 3.68. The zero-order valence-electron chi connectivity index (χ0n) is 14.1. The molecule has 3 rings (SSSR count). The average molecular weight is 446 g/mol. The van der Waals surface area contributed by atoms with E-state index in [4.69, 9.17) is 39.5 Å². The molecule has 9 heteroatoms. The Labute approximate surface area is 172 Å². The van der Waals surface area contributed by atoms with Gasteiger partial charge in [0.1, 0.15) is 17.3 Å². The second kappa shape index (κ2) is 8.20. The summed E-state index contributed by atoms with van der Waals surface area (Å²) in [7, 11) is -3.95. The molecule has 142 valence electrons. The van der Waals surface area contributed by atoms with Crippen molar-refractivity contribution in [2.75, 3.05) is 6.61 Å². The molecule has 2 aromatic carbocycles. The summed E-state index contributed by atoms with van der Waals surface area (Å²) in [6.45, 7) is 1.79. The summed E-state index contributed by atoms with van der Waals surface area (Å²) < 4.78 is 33.6. The lowest BCUT2D eigenvalue weighted by Crippen LogP contribution is -2.37. The van der Waals surface area contributed by atoms with Gasteiger partial charge in [0.15, 0.2) is 0 Å². The molecular weight excluding hydrogens is 431 g/mol. The molecule has 0 bridgehead atoms. The molecule has 0 spiro atoms. The zero-order valence-corrected chi connectivity index (χ0v) is 17.2. The minimum absolute atomic E-state index is 0.0479. The lowest BCUT2D eigenvalue weighted by Gasteiger charge is -2.17. The summed E-state index contributed by atoms with van der Waals surface area (Å²) in [5, 5.41) is 1.00. The van der Waals surface area contributed by atoms with Crippen molar-refractivity contribution in [3.63, 3.8) is 0 Å². The number of hydrogen-bond donors (Lipinski definition) is 1. The van der Waals surface area contributed by atoms with Crippen molar-refractivity contribution in [3.05, 3.63) is 63.7 Å². The molecule has 5 nitrogen and oxygen atoms in total. The number of fused-ring (bicyclic) bond motifs is 1. The average Bonchev–Trinajstić information content (AvgIpc) is 2.58. The molecule has 0 fully saturated rings. The predicted molar refractivity (Wildman–Crippen MR) is 108 cm³/mol. The van der Waals surface area contributed by atoms with Crippen LogP contribution in [0.5, 0.6) is 5.75 Å². The van der Waals surface area contributed by atoms with Crippen molar-refractivity contribution in [2.24, 2.45) is 0 Å². The summed E-state index contributed by atoms with van der Waals surface area (Å²) in [5.41, 5.74) is 0.794. The van der Waals surface area contributed by atoms with Crippen LogP contribution in [0.15, 0.2) is 53.6 Å². The van der Waals surface area contributed by atoms with Crippen LogP contribution < -0.4 is 9.46 Å². The van der Waals surface area contributed by atoms with E-state index < -0.39 is 16.1 Å².